The summed E-state index contributed by atoms with van der Waals surface area (Å²) in [5.41, 5.74) is -0.232. The molecule has 0 saturated heterocycles. The molecule has 0 saturated carbocycles. The van der Waals surface area contributed by atoms with Crippen LogP contribution in [0.1, 0.15) is 12.3 Å². The highest BCUT2D eigenvalue weighted by Gasteiger charge is 2.21. The SMILES string of the molecule is O=S(=O)(Cl)c1cccc2oc(C(F)F)nc12. The van der Waals surface area contributed by atoms with Gasteiger partial charge in [-0.15, -0.1) is 0 Å². The average Bonchev–Trinajstić information content (AvgIpc) is 2.58. The number of oxazole rings is 1. The van der Waals surface area contributed by atoms with Crippen molar-refractivity contribution < 1.29 is 21.6 Å². The van der Waals surface area contributed by atoms with Gasteiger partial charge >= 0.3 is 6.43 Å². The van der Waals surface area contributed by atoms with E-state index >= 15 is 0 Å². The molecule has 2 aromatic rings. The summed E-state index contributed by atoms with van der Waals surface area (Å²) in [6.45, 7) is 0. The third kappa shape index (κ3) is 1.88. The summed E-state index contributed by atoms with van der Waals surface area (Å²) in [6.07, 6.45) is -2.90. The van der Waals surface area contributed by atoms with E-state index in [1.807, 2.05) is 0 Å². The number of hydrogen-bond donors (Lipinski definition) is 0. The summed E-state index contributed by atoms with van der Waals surface area (Å²) < 4.78 is 51.5. The Bertz CT molecular complexity index is 638. The number of benzene rings is 1. The number of para-hydroxylation sites is 1. The fourth-order valence-corrected chi connectivity index (χ4v) is 2.22. The lowest BCUT2D eigenvalue weighted by molar-refractivity contribution is 0.117. The second-order valence-electron chi connectivity index (χ2n) is 2.89. The molecule has 16 heavy (non-hydrogen) atoms. The van der Waals surface area contributed by atoms with Crippen LogP contribution in [0.15, 0.2) is 27.5 Å². The Labute approximate surface area is 93.3 Å². The zero-order chi connectivity index (χ0) is 11.9. The van der Waals surface area contributed by atoms with Crippen LogP contribution in [0.2, 0.25) is 0 Å². The van der Waals surface area contributed by atoms with Gasteiger partial charge in [0, 0.05) is 10.7 Å². The van der Waals surface area contributed by atoms with Gasteiger partial charge in [-0.05, 0) is 12.1 Å². The Kier molecular flexibility index (Phi) is 2.59. The Balaban J connectivity index is 2.78. The molecule has 2 rings (SSSR count). The molecule has 4 nitrogen and oxygen atoms in total. The minimum atomic E-state index is -4.04. The van der Waals surface area contributed by atoms with Crippen LogP contribution in [0, 0.1) is 0 Å². The van der Waals surface area contributed by atoms with Crippen LogP contribution in [-0.4, -0.2) is 13.4 Å². The first-order valence-electron chi connectivity index (χ1n) is 4.02. The monoisotopic (exact) mass is 267 g/mol. The molecule has 0 amide bonds. The van der Waals surface area contributed by atoms with E-state index in [0.717, 1.165) is 0 Å². The van der Waals surface area contributed by atoms with E-state index in [0.29, 0.717) is 0 Å². The molecule has 1 aromatic carbocycles. The number of fused-ring (bicyclic) bond motifs is 1. The molecule has 0 spiro atoms. The van der Waals surface area contributed by atoms with Crippen molar-refractivity contribution in [3.8, 4) is 0 Å². The fraction of sp³-hybridized carbons (Fsp3) is 0.125. The van der Waals surface area contributed by atoms with E-state index in [-0.39, 0.29) is 16.0 Å². The lowest BCUT2D eigenvalue weighted by Crippen LogP contribution is -1.92. The van der Waals surface area contributed by atoms with Gasteiger partial charge in [0.15, 0.2) is 5.58 Å². The van der Waals surface area contributed by atoms with Crippen LogP contribution < -0.4 is 0 Å². The molecule has 0 bridgehead atoms. The normalized spacial score (nSPS) is 12.5. The Morgan fingerprint density at radius 3 is 2.62 bits per heavy atom. The van der Waals surface area contributed by atoms with Gasteiger partial charge in [0.05, 0.1) is 0 Å². The first-order chi connectivity index (χ1) is 7.39. The first kappa shape index (κ1) is 11.3. The standard InChI is InChI=1S/C8H4ClF2NO3S/c9-16(13,14)5-3-1-2-4-6(5)12-8(15-4)7(10)11/h1-3,7H. The number of halogens is 3. The maximum absolute atomic E-state index is 12.3. The van der Waals surface area contributed by atoms with Crippen molar-refractivity contribution in [1.29, 1.82) is 0 Å². The molecule has 0 aliphatic carbocycles. The van der Waals surface area contributed by atoms with Gasteiger partial charge in [0.25, 0.3) is 14.9 Å². The quantitative estimate of drug-likeness (QED) is 0.785. The third-order valence-electron chi connectivity index (χ3n) is 1.85. The third-order valence-corrected chi connectivity index (χ3v) is 3.20. The van der Waals surface area contributed by atoms with Crippen molar-refractivity contribution in [3.05, 3.63) is 24.1 Å². The summed E-state index contributed by atoms with van der Waals surface area (Å²) in [4.78, 5) is 3.05. The maximum atomic E-state index is 12.3. The minimum Gasteiger partial charge on any atom is -0.435 e. The van der Waals surface area contributed by atoms with Crippen molar-refractivity contribution in [1.82, 2.24) is 4.98 Å². The molecule has 1 aromatic heterocycles. The van der Waals surface area contributed by atoms with Gasteiger partial charge in [-0.25, -0.2) is 13.4 Å². The molecule has 0 aliphatic heterocycles. The van der Waals surface area contributed by atoms with Crippen molar-refractivity contribution in [3.63, 3.8) is 0 Å². The van der Waals surface area contributed by atoms with Crippen LogP contribution in [-0.2, 0) is 9.05 Å². The van der Waals surface area contributed by atoms with E-state index in [2.05, 4.69) is 9.40 Å². The van der Waals surface area contributed by atoms with Crippen LogP contribution in [0.4, 0.5) is 8.78 Å². The maximum Gasteiger partial charge on any atom is 0.313 e. The summed E-state index contributed by atoms with van der Waals surface area (Å²) in [5, 5.41) is 0. The predicted octanol–water partition coefficient (Wildman–Crippen LogP) is 2.69. The van der Waals surface area contributed by atoms with Gasteiger partial charge in [-0.2, -0.15) is 8.78 Å². The van der Waals surface area contributed by atoms with Gasteiger partial charge < -0.3 is 4.42 Å². The van der Waals surface area contributed by atoms with Crippen molar-refractivity contribution >= 4 is 30.8 Å². The van der Waals surface area contributed by atoms with Gasteiger partial charge in [-0.3, -0.25) is 0 Å². The van der Waals surface area contributed by atoms with E-state index in [9.17, 15) is 17.2 Å². The number of alkyl halides is 2. The molecular weight excluding hydrogens is 264 g/mol. The molecule has 0 unspecified atom stereocenters. The number of nitrogens with zero attached hydrogens (tertiary/aromatic N) is 1. The highest BCUT2D eigenvalue weighted by atomic mass is 35.7. The number of hydrogen-bond acceptors (Lipinski definition) is 4. The van der Waals surface area contributed by atoms with Gasteiger partial charge in [-0.1, -0.05) is 6.07 Å². The smallest absolute Gasteiger partial charge is 0.313 e. The lowest BCUT2D eigenvalue weighted by atomic mass is 10.3. The van der Waals surface area contributed by atoms with Crippen molar-refractivity contribution in [2.45, 2.75) is 11.3 Å². The lowest BCUT2D eigenvalue weighted by Gasteiger charge is -1.94. The molecule has 0 atom stereocenters. The largest absolute Gasteiger partial charge is 0.435 e. The summed E-state index contributed by atoms with van der Waals surface area (Å²) in [5.74, 6) is -0.831. The predicted molar refractivity (Wildman–Crippen MR) is 52.0 cm³/mol. The van der Waals surface area contributed by atoms with Crippen LogP contribution in [0.5, 0.6) is 0 Å². The zero-order valence-electron chi connectivity index (χ0n) is 7.52. The molecule has 86 valence electrons. The van der Waals surface area contributed by atoms with E-state index < -0.39 is 21.4 Å². The van der Waals surface area contributed by atoms with E-state index in [4.69, 9.17) is 10.7 Å². The Morgan fingerprint density at radius 1 is 1.38 bits per heavy atom. The summed E-state index contributed by atoms with van der Waals surface area (Å²) in [7, 11) is 1.09. The first-order valence-corrected chi connectivity index (χ1v) is 6.33. The molecule has 8 heteroatoms. The highest BCUT2D eigenvalue weighted by Crippen LogP contribution is 2.29. The van der Waals surface area contributed by atoms with E-state index in [1.165, 1.54) is 18.2 Å². The molecule has 0 N–H and O–H groups in total. The van der Waals surface area contributed by atoms with Crippen LogP contribution >= 0.6 is 10.7 Å². The average molecular weight is 268 g/mol. The van der Waals surface area contributed by atoms with Crippen LogP contribution in [0.3, 0.4) is 0 Å². The highest BCUT2D eigenvalue weighted by molar-refractivity contribution is 8.14. The van der Waals surface area contributed by atoms with Gasteiger partial charge in [0.2, 0.25) is 0 Å². The van der Waals surface area contributed by atoms with Crippen molar-refractivity contribution in [2.75, 3.05) is 0 Å². The molecular formula is C8H4ClF2NO3S. The van der Waals surface area contributed by atoms with Crippen LogP contribution in [0.25, 0.3) is 11.1 Å². The summed E-state index contributed by atoms with van der Waals surface area (Å²) in [6, 6.07) is 3.83. The van der Waals surface area contributed by atoms with Crippen molar-refractivity contribution in [2.24, 2.45) is 0 Å². The second-order valence-corrected chi connectivity index (χ2v) is 5.43. The second kappa shape index (κ2) is 3.67. The van der Waals surface area contributed by atoms with E-state index in [1.54, 1.807) is 0 Å². The van der Waals surface area contributed by atoms with Gasteiger partial charge in [0.1, 0.15) is 10.4 Å². The summed E-state index contributed by atoms with van der Waals surface area (Å²) >= 11 is 0. The Morgan fingerprint density at radius 2 is 2.06 bits per heavy atom. The topological polar surface area (TPSA) is 60.2 Å². The molecule has 1 heterocycles. The molecule has 0 aliphatic rings. The number of aromatic nitrogens is 1. The number of rotatable bonds is 2. The fourth-order valence-electron chi connectivity index (χ4n) is 1.23. The Hall–Kier alpha value is -1.21. The zero-order valence-corrected chi connectivity index (χ0v) is 9.10. The minimum absolute atomic E-state index is 0.0444. The molecule has 0 radical (unpaired) electrons. The molecule has 0 fully saturated rings.